The molecule has 2 aromatic rings. The number of amides is 2. The summed E-state index contributed by atoms with van der Waals surface area (Å²) in [6.45, 7) is 4.85. The molecule has 1 N–H and O–H groups in total. The van der Waals surface area contributed by atoms with Gasteiger partial charge in [0.05, 0.1) is 0 Å². The van der Waals surface area contributed by atoms with E-state index in [4.69, 9.17) is 5.11 Å². The predicted octanol–water partition coefficient (Wildman–Crippen LogP) is 2.90. The summed E-state index contributed by atoms with van der Waals surface area (Å²) in [6, 6.07) is 15.6. The highest BCUT2D eigenvalue weighted by atomic mass is 16.4. The van der Waals surface area contributed by atoms with Gasteiger partial charge in [-0.25, -0.2) is 0 Å². The van der Waals surface area contributed by atoms with Crippen LogP contribution >= 0.6 is 0 Å². The third kappa shape index (κ3) is 5.41. The van der Waals surface area contributed by atoms with E-state index in [9.17, 15) is 14.4 Å². The number of carbonyl (C=O) groups is 3. The molecular formula is C21H24N2O4. The van der Waals surface area contributed by atoms with Crippen LogP contribution in [-0.2, 0) is 11.3 Å². The number of hydrogen-bond donors (Lipinski definition) is 1. The summed E-state index contributed by atoms with van der Waals surface area (Å²) >= 11 is 0. The van der Waals surface area contributed by atoms with E-state index in [1.165, 1.54) is 4.90 Å². The van der Waals surface area contributed by atoms with Crippen LogP contribution in [0.4, 0.5) is 0 Å². The van der Waals surface area contributed by atoms with Crippen molar-refractivity contribution < 1.29 is 19.5 Å². The molecular weight excluding hydrogens is 344 g/mol. The molecule has 0 fully saturated rings. The molecule has 2 rings (SSSR count). The molecule has 27 heavy (non-hydrogen) atoms. The van der Waals surface area contributed by atoms with Crippen molar-refractivity contribution in [2.75, 3.05) is 19.6 Å². The minimum absolute atomic E-state index is 0.0920. The van der Waals surface area contributed by atoms with Gasteiger partial charge in [-0.3, -0.25) is 14.4 Å². The number of rotatable bonds is 8. The van der Waals surface area contributed by atoms with E-state index in [2.05, 4.69) is 0 Å². The normalized spacial score (nSPS) is 10.3. The van der Waals surface area contributed by atoms with Gasteiger partial charge in [0, 0.05) is 30.8 Å². The van der Waals surface area contributed by atoms with Crippen molar-refractivity contribution in [1.29, 1.82) is 0 Å². The molecule has 0 unspecified atom stereocenters. The Morgan fingerprint density at radius 2 is 1.26 bits per heavy atom. The fraction of sp³-hybridized carbons (Fsp3) is 0.286. The van der Waals surface area contributed by atoms with Crippen LogP contribution in [0.5, 0.6) is 0 Å². The number of nitrogens with zero attached hydrogens (tertiary/aromatic N) is 2. The quantitative estimate of drug-likeness (QED) is 0.777. The van der Waals surface area contributed by atoms with Crippen LogP contribution in [0.15, 0.2) is 54.6 Å². The van der Waals surface area contributed by atoms with E-state index in [0.717, 1.165) is 5.56 Å². The molecule has 0 aromatic heterocycles. The van der Waals surface area contributed by atoms with Gasteiger partial charge in [-0.05, 0) is 43.7 Å². The van der Waals surface area contributed by atoms with Gasteiger partial charge in [-0.2, -0.15) is 0 Å². The van der Waals surface area contributed by atoms with Gasteiger partial charge in [0.25, 0.3) is 11.8 Å². The van der Waals surface area contributed by atoms with Crippen LogP contribution in [0.25, 0.3) is 0 Å². The summed E-state index contributed by atoms with van der Waals surface area (Å²) in [4.78, 5) is 39.3. The highest BCUT2D eigenvalue weighted by molar-refractivity contribution is 5.98. The first-order valence-corrected chi connectivity index (χ1v) is 8.90. The van der Waals surface area contributed by atoms with E-state index < -0.39 is 12.5 Å². The molecule has 142 valence electrons. The summed E-state index contributed by atoms with van der Waals surface area (Å²) in [5.41, 5.74) is 1.70. The Morgan fingerprint density at radius 3 is 1.70 bits per heavy atom. The van der Waals surface area contributed by atoms with Gasteiger partial charge >= 0.3 is 5.97 Å². The molecule has 0 atom stereocenters. The Bertz CT molecular complexity index is 784. The predicted molar refractivity (Wildman–Crippen MR) is 103 cm³/mol. The molecule has 0 spiro atoms. The maximum atomic E-state index is 12.8. The molecule has 6 heteroatoms. The highest BCUT2D eigenvalue weighted by Gasteiger charge is 2.20. The Balaban J connectivity index is 2.19. The Labute approximate surface area is 159 Å². The van der Waals surface area contributed by atoms with Crippen molar-refractivity contribution in [3.63, 3.8) is 0 Å². The first-order valence-electron chi connectivity index (χ1n) is 8.90. The van der Waals surface area contributed by atoms with Crippen molar-refractivity contribution >= 4 is 17.8 Å². The second-order valence-corrected chi connectivity index (χ2v) is 6.10. The molecule has 2 amide bonds. The molecule has 0 aliphatic heterocycles. The summed E-state index contributed by atoms with van der Waals surface area (Å²) in [6.07, 6.45) is 0. The molecule has 0 heterocycles. The maximum Gasteiger partial charge on any atom is 0.323 e. The Hall–Kier alpha value is -3.15. The molecule has 0 saturated carbocycles. The minimum atomic E-state index is -1.08. The van der Waals surface area contributed by atoms with Gasteiger partial charge in [0.15, 0.2) is 0 Å². The zero-order valence-corrected chi connectivity index (χ0v) is 15.6. The van der Waals surface area contributed by atoms with Gasteiger partial charge in [-0.1, -0.05) is 30.3 Å². The summed E-state index contributed by atoms with van der Waals surface area (Å²) in [5, 5.41) is 9.15. The number of carboxylic acids is 1. The molecule has 0 radical (unpaired) electrons. The van der Waals surface area contributed by atoms with Crippen molar-refractivity contribution in [3.8, 4) is 0 Å². The standard InChI is InChI=1S/C21H24N2O4/c1-3-22(4-2)20(26)17-10-12-18(13-11-17)21(27)23(15-19(24)25)14-16-8-6-5-7-9-16/h5-13H,3-4,14-15H2,1-2H3,(H,24,25). The average molecular weight is 368 g/mol. The van der Waals surface area contributed by atoms with Crippen LogP contribution in [0.1, 0.15) is 40.1 Å². The Morgan fingerprint density at radius 1 is 0.778 bits per heavy atom. The van der Waals surface area contributed by atoms with Crippen LogP contribution in [0, 0.1) is 0 Å². The van der Waals surface area contributed by atoms with E-state index in [1.807, 2.05) is 44.2 Å². The highest BCUT2D eigenvalue weighted by Crippen LogP contribution is 2.13. The zero-order chi connectivity index (χ0) is 19.8. The summed E-state index contributed by atoms with van der Waals surface area (Å²) in [7, 11) is 0. The van der Waals surface area contributed by atoms with Crippen molar-refractivity contribution in [2.24, 2.45) is 0 Å². The molecule has 0 aliphatic rings. The van der Waals surface area contributed by atoms with Gasteiger partial charge < -0.3 is 14.9 Å². The van der Waals surface area contributed by atoms with E-state index in [0.29, 0.717) is 24.2 Å². The molecule has 0 saturated heterocycles. The van der Waals surface area contributed by atoms with Crippen LogP contribution < -0.4 is 0 Å². The van der Waals surface area contributed by atoms with Crippen molar-refractivity contribution in [3.05, 3.63) is 71.3 Å². The number of hydrogen-bond acceptors (Lipinski definition) is 3. The lowest BCUT2D eigenvalue weighted by atomic mass is 10.1. The van der Waals surface area contributed by atoms with E-state index in [-0.39, 0.29) is 18.4 Å². The Kier molecular flexibility index (Phi) is 7.11. The average Bonchev–Trinajstić information content (AvgIpc) is 2.68. The lowest BCUT2D eigenvalue weighted by Crippen LogP contribution is -2.35. The SMILES string of the molecule is CCN(CC)C(=O)c1ccc(C(=O)N(CC(=O)O)Cc2ccccc2)cc1. The van der Waals surface area contributed by atoms with Gasteiger partial charge in [-0.15, -0.1) is 0 Å². The lowest BCUT2D eigenvalue weighted by molar-refractivity contribution is -0.137. The first-order chi connectivity index (χ1) is 13.0. The fourth-order valence-electron chi connectivity index (χ4n) is 2.80. The van der Waals surface area contributed by atoms with Crippen LogP contribution in [0.3, 0.4) is 0 Å². The largest absolute Gasteiger partial charge is 0.480 e. The number of carbonyl (C=O) groups excluding carboxylic acids is 2. The van der Waals surface area contributed by atoms with E-state index >= 15 is 0 Å². The monoisotopic (exact) mass is 368 g/mol. The number of carboxylic acid groups (broad SMARTS) is 1. The zero-order valence-electron chi connectivity index (χ0n) is 15.6. The van der Waals surface area contributed by atoms with Gasteiger partial charge in [0.2, 0.25) is 0 Å². The minimum Gasteiger partial charge on any atom is -0.480 e. The number of benzene rings is 2. The third-order valence-electron chi connectivity index (χ3n) is 4.26. The summed E-state index contributed by atoms with van der Waals surface area (Å²) < 4.78 is 0. The summed E-state index contributed by atoms with van der Waals surface area (Å²) in [5.74, 6) is -1.55. The van der Waals surface area contributed by atoms with Crippen molar-refractivity contribution in [1.82, 2.24) is 9.80 Å². The van der Waals surface area contributed by atoms with Crippen molar-refractivity contribution in [2.45, 2.75) is 20.4 Å². The second kappa shape index (κ2) is 9.52. The van der Waals surface area contributed by atoms with Crippen LogP contribution in [0.2, 0.25) is 0 Å². The maximum absolute atomic E-state index is 12.8. The van der Waals surface area contributed by atoms with Gasteiger partial charge in [0.1, 0.15) is 6.54 Å². The fourth-order valence-corrected chi connectivity index (χ4v) is 2.80. The first kappa shape index (κ1) is 20.2. The second-order valence-electron chi connectivity index (χ2n) is 6.10. The lowest BCUT2D eigenvalue weighted by Gasteiger charge is -2.21. The smallest absolute Gasteiger partial charge is 0.323 e. The van der Waals surface area contributed by atoms with E-state index in [1.54, 1.807) is 29.2 Å². The third-order valence-corrected chi connectivity index (χ3v) is 4.26. The molecule has 2 aromatic carbocycles. The topological polar surface area (TPSA) is 77.9 Å². The molecule has 6 nitrogen and oxygen atoms in total. The molecule has 0 bridgehead atoms. The number of aliphatic carboxylic acids is 1. The molecule has 0 aliphatic carbocycles. The van der Waals surface area contributed by atoms with Crippen LogP contribution in [-0.4, -0.2) is 52.3 Å².